The highest BCUT2D eigenvalue weighted by molar-refractivity contribution is 7.90. The summed E-state index contributed by atoms with van der Waals surface area (Å²) in [6, 6.07) is 0. The van der Waals surface area contributed by atoms with E-state index in [1.165, 1.54) is 4.31 Å². The van der Waals surface area contributed by atoms with Crippen molar-refractivity contribution in [3.63, 3.8) is 0 Å². The summed E-state index contributed by atoms with van der Waals surface area (Å²) in [5.74, 6) is 0.327. The van der Waals surface area contributed by atoms with E-state index in [9.17, 15) is 13.2 Å². The highest BCUT2D eigenvalue weighted by Crippen LogP contribution is 2.34. The molecule has 9 heteroatoms. The highest BCUT2D eigenvalue weighted by Gasteiger charge is 2.46. The van der Waals surface area contributed by atoms with Gasteiger partial charge >= 0.3 is 0 Å². The molecule has 1 aromatic heterocycles. The van der Waals surface area contributed by atoms with E-state index in [1.54, 1.807) is 6.92 Å². The Bertz CT molecular complexity index is 616. The van der Waals surface area contributed by atoms with E-state index in [1.807, 2.05) is 0 Å². The average Bonchev–Trinajstić information content (AvgIpc) is 3.09. The van der Waals surface area contributed by atoms with Crippen LogP contribution in [-0.4, -0.2) is 47.2 Å². The molecule has 8 nitrogen and oxygen atoms in total. The molecule has 0 spiro atoms. The number of aromatic nitrogens is 2. The van der Waals surface area contributed by atoms with E-state index in [4.69, 9.17) is 4.42 Å². The number of sulfonamides is 1. The van der Waals surface area contributed by atoms with Gasteiger partial charge in [0.15, 0.2) is 0 Å². The number of hydrogen-bond donors (Lipinski definition) is 1. The van der Waals surface area contributed by atoms with Gasteiger partial charge in [-0.15, -0.1) is 10.2 Å². The molecule has 20 heavy (non-hydrogen) atoms. The summed E-state index contributed by atoms with van der Waals surface area (Å²) < 4.78 is 30.3. The maximum absolute atomic E-state index is 11.9. The second-order valence-corrected chi connectivity index (χ2v) is 7.40. The second-order valence-electron chi connectivity index (χ2n) is 5.19. The summed E-state index contributed by atoms with van der Waals surface area (Å²) in [6.07, 6.45) is 1.48. The molecule has 2 aliphatic rings. The molecule has 3 rings (SSSR count). The molecule has 1 aliphatic carbocycles. The summed E-state index contributed by atoms with van der Waals surface area (Å²) in [6.45, 7) is 2.39. The lowest BCUT2D eigenvalue weighted by Crippen LogP contribution is -2.56. The fraction of sp³-hybridized carbons (Fsp3) is 0.727. The number of hydrogen-bond acceptors (Lipinski definition) is 6. The summed E-state index contributed by atoms with van der Waals surface area (Å²) in [5, 5.41) is 9.89. The third kappa shape index (κ3) is 2.55. The predicted octanol–water partition coefficient (Wildman–Crippen LogP) is -0.582. The zero-order valence-corrected chi connectivity index (χ0v) is 11.9. The van der Waals surface area contributed by atoms with Crippen LogP contribution < -0.4 is 5.32 Å². The van der Waals surface area contributed by atoms with Gasteiger partial charge in [-0.3, -0.25) is 4.79 Å². The van der Waals surface area contributed by atoms with E-state index in [0.29, 0.717) is 11.8 Å². The lowest BCUT2D eigenvalue weighted by molar-refractivity contribution is -0.128. The maximum Gasteiger partial charge on any atom is 0.235 e. The highest BCUT2D eigenvalue weighted by atomic mass is 32.2. The van der Waals surface area contributed by atoms with Crippen LogP contribution in [0.5, 0.6) is 0 Å². The van der Waals surface area contributed by atoms with Crippen molar-refractivity contribution in [2.24, 2.45) is 5.92 Å². The van der Waals surface area contributed by atoms with Gasteiger partial charge in [-0.25, -0.2) is 8.42 Å². The van der Waals surface area contributed by atoms with Gasteiger partial charge in [-0.2, -0.15) is 4.31 Å². The number of carbonyl (C=O) groups excluding carboxylic acids is 1. The molecule has 0 bridgehead atoms. The van der Waals surface area contributed by atoms with Gasteiger partial charge < -0.3 is 9.73 Å². The van der Waals surface area contributed by atoms with E-state index >= 15 is 0 Å². The number of nitrogens with zero attached hydrogens (tertiary/aromatic N) is 3. The summed E-state index contributed by atoms with van der Waals surface area (Å²) in [4.78, 5) is 11.8. The Balaban J connectivity index is 1.46. The van der Waals surface area contributed by atoms with E-state index in [0.717, 1.165) is 12.8 Å². The third-order valence-corrected chi connectivity index (χ3v) is 5.84. The van der Waals surface area contributed by atoms with Crippen LogP contribution in [0.4, 0.5) is 0 Å². The van der Waals surface area contributed by atoms with Crippen LogP contribution in [0.2, 0.25) is 0 Å². The fourth-order valence-corrected chi connectivity index (χ4v) is 4.03. The Morgan fingerprint density at radius 1 is 1.40 bits per heavy atom. The van der Waals surface area contributed by atoms with Crippen LogP contribution in [0.25, 0.3) is 0 Å². The minimum absolute atomic E-state index is 0.172. The molecule has 1 aromatic rings. The molecule has 2 fully saturated rings. The topological polar surface area (TPSA) is 105 Å². The predicted molar refractivity (Wildman–Crippen MR) is 67.9 cm³/mol. The first-order valence-electron chi connectivity index (χ1n) is 6.52. The molecule has 1 aliphatic heterocycles. The SMILES string of the molecule is Cc1nnc(CNC(=O)C2CN(S(=O)(=O)C3CC3)C2)o1. The minimum atomic E-state index is -3.15. The van der Waals surface area contributed by atoms with Crippen LogP contribution in [0.3, 0.4) is 0 Å². The summed E-state index contributed by atoms with van der Waals surface area (Å²) >= 11 is 0. The van der Waals surface area contributed by atoms with Crippen molar-refractivity contribution in [3.05, 3.63) is 11.8 Å². The number of nitrogens with one attached hydrogen (secondary N) is 1. The van der Waals surface area contributed by atoms with E-state index in [2.05, 4.69) is 15.5 Å². The monoisotopic (exact) mass is 300 g/mol. The lowest BCUT2D eigenvalue weighted by atomic mass is 10.0. The molecule has 0 radical (unpaired) electrons. The Morgan fingerprint density at radius 2 is 2.10 bits per heavy atom. The van der Waals surface area contributed by atoms with Crippen LogP contribution in [0.1, 0.15) is 24.6 Å². The van der Waals surface area contributed by atoms with Gasteiger partial charge in [0.25, 0.3) is 0 Å². The number of aryl methyl sites for hydroxylation is 1. The first-order valence-corrected chi connectivity index (χ1v) is 8.03. The zero-order valence-electron chi connectivity index (χ0n) is 11.1. The third-order valence-electron chi connectivity index (χ3n) is 3.51. The number of amides is 1. The van der Waals surface area contributed by atoms with Crippen molar-refractivity contribution in [1.29, 1.82) is 0 Å². The number of rotatable bonds is 5. The van der Waals surface area contributed by atoms with E-state index < -0.39 is 10.0 Å². The molecule has 1 N–H and O–H groups in total. The quantitative estimate of drug-likeness (QED) is 0.780. The Labute approximate surface area is 116 Å². The van der Waals surface area contributed by atoms with Crippen LogP contribution >= 0.6 is 0 Å². The Hall–Kier alpha value is -1.48. The van der Waals surface area contributed by atoms with Crippen LogP contribution in [0.15, 0.2) is 4.42 Å². The van der Waals surface area contributed by atoms with E-state index in [-0.39, 0.29) is 36.7 Å². The fourth-order valence-electron chi connectivity index (χ4n) is 2.10. The molecule has 110 valence electrons. The van der Waals surface area contributed by atoms with Crippen molar-refractivity contribution in [1.82, 2.24) is 19.8 Å². The summed E-state index contributed by atoms with van der Waals surface area (Å²) in [7, 11) is -3.15. The largest absolute Gasteiger partial charge is 0.424 e. The lowest BCUT2D eigenvalue weighted by Gasteiger charge is -2.37. The second kappa shape index (κ2) is 4.81. The number of carbonyl (C=O) groups is 1. The maximum atomic E-state index is 11.9. The first kappa shape index (κ1) is 13.5. The Kier molecular flexibility index (Phi) is 3.25. The standard InChI is InChI=1S/C11H16N4O4S/c1-7-13-14-10(19-7)4-12-11(16)8-5-15(6-8)20(17,18)9-2-3-9/h8-9H,2-6H2,1H3,(H,12,16). The van der Waals surface area contributed by atoms with Gasteiger partial charge in [-0.1, -0.05) is 0 Å². The normalized spacial score (nSPS) is 20.6. The molecule has 1 saturated carbocycles. The molecular formula is C11H16N4O4S. The van der Waals surface area contributed by atoms with Crippen molar-refractivity contribution >= 4 is 15.9 Å². The van der Waals surface area contributed by atoms with Crippen molar-refractivity contribution in [2.75, 3.05) is 13.1 Å². The summed E-state index contributed by atoms with van der Waals surface area (Å²) in [5.41, 5.74) is 0. The molecule has 1 amide bonds. The van der Waals surface area contributed by atoms with Crippen molar-refractivity contribution < 1.29 is 17.6 Å². The van der Waals surface area contributed by atoms with Crippen molar-refractivity contribution in [2.45, 2.75) is 31.6 Å². The Morgan fingerprint density at radius 3 is 2.65 bits per heavy atom. The average molecular weight is 300 g/mol. The molecule has 0 atom stereocenters. The van der Waals surface area contributed by atoms with Crippen LogP contribution in [0, 0.1) is 12.8 Å². The molecule has 2 heterocycles. The van der Waals surface area contributed by atoms with Gasteiger partial charge in [0, 0.05) is 20.0 Å². The first-order chi connectivity index (χ1) is 9.46. The van der Waals surface area contributed by atoms with Crippen molar-refractivity contribution in [3.8, 4) is 0 Å². The van der Waals surface area contributed by atoms with Gasteiger partial charge in [-0.05, 0) is 12.8 Å². The van der Waals surface area contributed by atoms with Gasteiger partial charge in [0.1, 0.15) is 0 Å². The molecular weight excluding hydrogens is 284 g/mol. The smallest absolute Gasteiger partial charge is 0.235 e. The molecule has 0 unspecified atom stereocenters. The van der Waals surface area contributed by atoms with Gasteiger partial charge in [0.05, 0.1) is 17.7 Å². The van der Waals surface area contributed by atoms with Crippen LogP contribution in [-0.2, 0) is 21.4 Å². The zero-order chi connectivity index (χ0) is 14.3. The molecule has 0 aromatic carbocycles. The molecule has 1 saturated heterocycles. The van der Waals surface area contributed by atoms with Gasteiger partial charge in [0.2, 0.25) is 27.7 Å². The minimum Gasteiger partial charge on any atom is -0.424 e.